The van der Waals surface area contributed by atoms with E-state index in [1.54, 1.807) is 0 Å². The molecule has 0 saturated carbocycles. The van der Waals surface area contributed by atoms with E-state index in [4.69, 9.17) is 0 Å². The molecule has 1 rings (SSSR count). The van der Waals surface area contributed by atoms with E-state index < -0.39 is 0 Å². The maximum Gasteiger partial charge on any atom is -0.000825 e. The first kappa shape index (κ1) is 11.0. The fourth-order valence-electron chi connectivity index (χ4n) is 1.12. The number of hydrogen-bond donors (Lipinski definition) is 1. The van der Waals surface area contributed by atoms with Crippen molar-refractivity contribution >= 4 is 0 Å². The van der Waals surface area contributed by atoms with E-state index in [-0.39, 0.29) is 0 Å². The van der Waals surface area contributed by atoms with E-state index in [0.29, 0.717) is 0 Å². The molecule has 0 unspecified atom stereocenters. The van der Waals surface area contributed by atoms with Gasteiger partial charge in [0.1, 0.15) is 0 Å². The summed E-state index contributed by atoms with van der Waals surface area (Å²) in [4.78, 5) is 0. The summed E-state index contributed by atoms with van der Waals surface area (Å²) in [6.45, 7) is 11.1. The van der Waals surface area contributed by atoms with Crippen molar-refractivity contribution < 1.29 is 0 Å². The lowest BCUT2D eigenvalue weighted by Crippen LogP contribution is -2.41. The Labute approximate surface area is 71.6 Å². The summed E-state index contributed by atoms with van der Waals surface area (Å²) in [6.07, 6.45) is 2.84. The number of hydrogen-bond acceptors (Lipinski definition) is 1. The smallest absolute Gasteiger partial charge is 0.000825 e. The van der Waals surface area contributed by atoms with Crippen LogP contribution in [0, 0.1) is 11.8 Å². The summed E-state index contributed by atoms with van der Waals surface area (Å²) in [7, 11) is 0. The second kappa shape index (κ2) is 6.66. The maximum atomic E-state index is 3.28. The van der Waals surface area contributed by atoms with Gasteiger partial charge in [0, 0.05) is 0 Å². The van der Waals surface area contributed by atoms with Gasteiger partial charge in [0.2, 0.25) is 0 Å². The van der Waals surface area contributed by atoms with E-state index in [1.807, 2.05) is 13.8 Å². The Hall–Kier alpha value is -0.0400. The summed E-state index contributed by atoms with van der Waals surface area (Å²) in [5.74, 6) is 1.90. The monoisotopic (exact) mass is 157 g/mol. The van der Waals surface area contributed by atoms with Crippen LogP contribution in [0.25, 0.3) is 0 Å². The second-order valence-electron chi connectivity index (χ2n) is 3.50. The zero-order valence-electron chi connectivity index (χ0n) is 8.48. The summed E-state index contributed by atoms with van der Waals surface area (Å²) in [6, 6.07) is 0. The van der Waals surface area contributed by atoms with Gasteiger partial charge in [-0.1, -0.05) is 34.1 Å². The lowest BCUT2D eigenvalue weighted by molar-refractivity contribution is 0.305. The molecular weight excluding hydrogens is 134 g/mol. The normalized spacial score (nSPS) is 17.2. The standard InChI is InChI=1S/C8H17N.C2H6/c1-7(2)3-4-8-5-9-6-8;1-2/h7-9H,3-6H2,1-2H3;1-2H3. The third-order valence-corrected chi connectivity index (χ3v) is 2.02. The molecule has 0 aromatic carbocycles. The quantitative estimate of drug-likeness (QED) is 0.664. The first-order valence-electron chi connectivity index (χ1n) is 4.99. The third-order valence-electron chi connectivity index (χ3n) is 2.02. The molecule has 68 valence electrons. The molecule has 0 bridgehead atoms. The minimum absolute atomic E-state index is 0.894. The van der Waals surface area contributed by atoms with Crippen molar-refractivity contribution in [2.45, 2.75) is 40.5 Å². The maximum absolute atomic E-state index is 3.28. The van der Waals surface area contributed by atoms with Gasteiger partial charge in [-0.15, -0.1) is 0 Å². The van der Waals surface area contributed by atoms with Gasteiger partial charge in [0.15, 0.2) is 0 Å². The summed E-state index contributed by atoms with van der Waals surface area (Å²) < 4.78 is 0. The predicted molar refractivity (Wildman–Crippen MR) is 51.8 cm³/mol. The molecule has 11 heavy (non-hydrogen) atoms. The molecule has 0 spiro atoms. The average Bonchev–Trinajstić information content (AvgIpc) is 1.88. The Bertz CT molecular complexity index is 74.9. The fourth-order valence-corrected chi connectivity index (χ4v) is 1.12. The molecule has 1 saturated heterocycles. The molecule has 0 aromatic rings. The topological polar surface area (TPSA) is 12.0 Å². The van der Waals surface area contributed by atoms with Gasteiger partial charge in [-0.3, -0.25) is 0 Å². The van der Waals surface area contributed by atoms with E-state index >= 15 is 0 Å². The Morgan fingerprint density at radius 1 is 1.27 bits per heavy atom. The van der Waals surface area contributed by atoms with Crippen LogP contribution in [0.4, 0.5) is 0 Å². The van der Waals surface area contributed by atoms with Crippen molar-refractivity contribution in [1.82, 2.24) is 5.32 Å². The van der Waals surface area contributed by atoms with Crippen molar-refractivity contribution in [2.24, 2.45) is 11.8 Å². The average molecular weight is 157 g/mol. The molecule has 0 atom stereocenters. The highest BCUT2D eigenvalue weighted by atomic mass is 14.9. The number of rotatable bonds is 3. The molecular formula is C10H23N. The first-order valence-corrected chi connectivity index (χ1v) is 4.99. The van der Waals surface area contributed by atoms with Gasteiger partial charge in [-0.2, -0.15) is 0 Å². The summed E-state index contributed by atoms with van der Waals surface area (Å²) in [5, 5.41) is 3.28. The highest BCUT2D eigenvalue weighted by molar-refractivity contribution is 4.74. The van der Waals surface area contributed by atoms with Gasteiger partial charge >= 0.3 is 0 Å². The molecule has 0 amide bonds. The van der Waals surface area contributed by atoms with Gasteiger partial charge in [-0.05, 0) is 31.3 Å². The molecule has 1 aliphatic heterocycles. The van der Waals surface area contributed by atoms with Gasteiger partial charge in [0.05, 0.1) is 0 Å². The lowest BCUT2D eigenvalue weighted by atomic mass is 9.94. The minimum atomic E-state index is 0.894. The zero-order valence-corrected chi connectivity index (χ0v) is 8.48. The van der Waals surface area contributed by atoms with Crippen LogP contribution in [0.1, 0.15) is 40.5 Å². The first-order chi connectivity index (χ1) is 5.29. The van der Waals surface area contributed by atoms with Crippen LogP contribution < -0.4 is 5.32 Å². The Morgan fingerprint density at radius 2 is 1.82 bits per heavy atom. The Morgan fingerprint density at radius 3 is 2.09 bits per heavy atom. The molecule has 1 nitrogen and oxygen atoms in total. The van der Waals surface area contributed by atoms with Crippen LogP contribution in [-0.2, 0) is 0 Å². The third kappa shape index (κ3) is 5.25. The van der Waals surface area contributed by atoms with Crippen molar-refractivity contribution in [2.75, 3.05) is 13.1 Å². The van der Waals surface area contributed by atoms with Crippen LogP contribution in [0.15, 0.2) is 0 Å². The van der Waals surface area contributed by atoms with Crippen molar-refractivity contribution in [3.63, 3.8) is 0 Å². The van der Waals surface area contributed by atoms with Crippen molar-refractivity contribution in [1.29, 1.82) is 0 Å². The van der Waals surface area contributed by atoms with E-state index in [1.165, 1.54) is 25.9 Å². The van der Waals surface area contributed by atoms with E-state index in [2.05, 4.69) is 19.2 Å². The SMILES string of the molecule is CC.CC(C)CCC1CNC1. The van der Waals surface area contributed by atoms with E-state index in [9.17, 15) is 0 Å². The lowest BCUT2D eigenvalue weighted by Gasteiger charge is -2.27. The van der Waals surface area contributed by atoms with Gasteiger partial charge < -0.3 is 5.32 Å². The molecule has 0 aromatic heterocycles. The zero-order chi connectivity index (χ0) is 8.69. The highest BCUT2D eigenvalue weighted by Crippen LogP contribution is 2.14. The molecule has 1 N–H and O–H groups in total. The van der Waals surface area contributed by atoms with Crippen LogP contribution >= 0.6 is 0 Å². The number of nitrogens with one attached hydrogen (secondary N) is 1. The van der Waals surface area contributed by atoms with Gasteiger partial charge in [-0.25, -0.2) is 0 Å². The van der Waals surface area contributed by atoms with Crippen molar-refractivity contribution in [3.05, 3.63) is 0 Å². The van der Waals surface area contributed by atoms with Gasteiger partial charge in [0.25, 0.3) is 0 Å². The minimum Gasteiger partial charge on any atom is -0.316 e. The Kier molecular flexibility index (Phi) is 6.63. The largest absolute Gasteiger partial charge is 0.316 e. The molecule has 1 heterocycles. The molecule has 1 heteroatoms. The van der Waals surface area contributed by atoms with Crippen LogP contribution in [-0.4, -0.2) is 13.1 Å². The predicted octanol–water partition coefficient (Wildman–Crippen LogP) is 2.67. The summed E-state index contributed by atoms with van der Waals surface area (Å²) in [5.41, 5.74) is 0. The van der Waals surface area contributed by atoms with Crippen LogP contribution in [0.5, 0.6) is 0 Å². The van der Waals surface area contributed by atoms with E-state index in [0.717, 1.165) is 11.8 Å². The molecule has 1 aliphatic rings. The molecule has 0 aliphatic carbocycles. The van der Waals surface area contributed by atoms with Crippen molar-refractivity contribution in [3.8, 4) is 0 Å². The molecule has 1 fully saturated rings. The summed E-state index contributed by atoms with van der Waals surface area (Å²) >= 11 is 0. The molecule has 0 radical (unpaired) electrons. The second-order valence-corrected chi connectivity index (χ2v) is 3.50. The van der Waals surface area contributed by atoms with Crippen LogP contribution in [0.2, 0.25) is 0 Å². The Balaban J connectivity index is 0.000000461. The highest BCUT2D eigenvalue weighted by Gasteiger charge is 2.15. The van der Waals surface area contributed by atoms with Crippen LogP contribution in [0.3, 0.4) is 0 Å². The fraction of sp³-hybridized carbons (Fsp3) is 1.00.